The molecule has 230 valence electrons. The Labute approximate surface area is 261 Å². The third-order valence-electron chi connectivity index (χ3n) is 14.7. The van der Waals surface area contributed by atoms with Gasteiger partial charge in [0.2, 0.25) is 0 Å². The van der Waals surface area contributed by atoms with Crippen molar-refractivity contribution in [3.05, 3.63) is 83.6 Å². The largest absolute Gasteiger partial charge is 0.396 e. The topological polar surface area (TPSA) is 71.0 Å². The monoisotopic (exact) mass is 590 g/mol. The predicted octanol–water partition coefficient (Wildman–Crippen LogP) is 4.67. The number of nitrogens with one attached hydrogen (secondary N) is 2. The first-order valence-electron chi connectivity index (χ1n) is 17.4. The number of allylic oxidation sites excluding steroid dienone is 1. The number of nitrogens with zero attached hydrogens (tertiary/aromatic N) is 2. The molecule has 8 aliphatic rings. The van der Waals surface area contributed by atoms with E-state index < -0.39 is 0 Å². The second kappa shape index (κ2) is 8.92. The summed E-state index contributed by atoms with van der Waals surface area (Å²) in [7, 11) is 0. The molecule has 6 heterocycles. The normalized spacial score (nSPS) is 44.1. The summed E-state index contributed by atoms with van der Waals surface area (Å²) in [4.78, 5) is 5.43. The minimum Gasteiger partial charge on any atom is -0.396 e. The van der Waals surface area contributed by atoms with Crippen LogP contribution in [-0.4, -0.2) is 77.0 Å². The summed E-state index contributed by atoms with van der Waals surface area (Å²) in [6.45, 7) is 10.4. The molecule has 5 fully saturated rings. The fourth-order valence-electron chi connectivity index (χ4n) is 12.8. The van der Waals surface area contributed by atoms with Gasteiger partial charge in [0.15, 0.2) is 0 Å². The van der Waals surface area contributed by atoms with E-state index in [2.05, 4.69) is 88.7 Å². The number of aliphatic hydroxyl groups excluding tert-OH is 2. The maximum atomic E-state index is 11.0. The summed E-state index contributed by atoms with van der Waals surface area (Å²) >= 11 is 0. The molecule has 2 aromatic rings. The van der Waals surface area contributed by atoms with Crippen LogP contribution in [0.2, 0.25) is 0 Å². The Balaban J connectivity index is 1.03. The Kier molecular flexibility index (Phi) is 5.36. The molecule has 6 nitrogen and oxygen atoms in total. The van der Waals surface area contributed by atoms with E-state index in [1.54, 1.807) is 0 Å². The van der Waals surface area contributed by atoms with Gasteiger partial charge >= 0.3 is 0 Å². The van der Waals surface area contributed by atoms with Gasteiger partial charge in [-0.05, 0) is 90.6 Å². The van der Waals surface area contributed by atoms with Crippen LogP contribution in [0, 0.1) is 29.6 Å². The van der Waals surface area contributed by atoms with Crippen molar-refractivity contribution in [1.82, 2.24) is 9.80 Å². The van der Waals surface area contributed by atoms with Gasteiger partial charge in [0, 0.05) is 90.4 Å². The standard InChI is InChI=1S/C38H46N4O2/c1-3-22-17-41-12-11-38-30-14-23(8-9-32(30)40-35(38)27(19-43)24(22)15-33(38)41)21(2)26-18-42-13-10-37-29-6-4-5-7-31(29)39-36(37)28(20-44)25(26)16-34(37)42/h3-9,14,18,21-22,24-25,27-28,33-36,39-40,43-44H,1,10-13,15-17,19-20H2,2H3/t21?,22?,24-,25+,27+,28+,33-,34+,35-,36+,37-,38+/m1/s1. The van der Waals surface area contributed by atoms with Gasteiger partial charge in [-0.3, -0.25) is 4.90 Å². The lowest BCUT2D eigenvalue weighted by Crippen LogP contribution is -2.64. The van der Waals surface area contributed by atoms with Crippen LogP contribution in [0.5, 0.6) is 0 Å². The van der Waals surface area contributed by atoms with Crippen LogP contribution in [0.15, 0.2) is 66.9 Å². The maximum Gasteiger partial charge on any atom is 0.0484 e. The van der Waals surface area contributed by atoms with E-state index in [0.29, 0.717) is 29.8 Å². The second-order valence-electron chi connectivity index (χ2n) is 15.6. The van der Waals surface area contributed by atoms with Gasteiger partial charge in [-0.25, -0.2) is 0 Å². The molecule has 12 atom stereocenters. The number of hydrogen-bond acceptors (Lipinski definition) is 6. The van der Waals surface area contributed by atoms with Crippen molar-refractivity contribution in [3.63, 3.8) is 0 Å². The molecule has 2 aliphatic carbocycles. The van der Waals surface area contributed by atoms with Crippen molar-refractivity contribution in [3.8, 4) is 0 Å². The first kappa shape index (κ1) is 26.4. The molecule has 4 N–H and O–H groups in total. The van der Waals surface area contributed by atoms with Crippen LogP contribution >= 0.6 is 0 Å². The number of hydrogen-bond donors (Lipinski definition) is 4. The highest BCUT2D eigenvalue weighted by molar-refractivity contribution is 5.67. The molecule has 2 saturated carbocycles. The van der Waals surface area contributed by atoms with Crippen molar-refractivity contribution in [2.45, 2.75) is 73.5 Å². The zero-order chi connectivity index (χ0) is 29.5. The van der Waals surface area contributed by atoms with Gasteiger partial charge < -0.3 is 25.7 Å². The lowest BCUT2D eigenvalue weighted by molar-refractivity contribution is -0.0220. The Morgan fingerprint density at radius 3 is 2.50 bits per heavy atom. The molecule has 0 amide bonds. The summed E-state index contributed by atoms with van der Waals surface area (Å²) in [5.41, 5.74) is 8.62. The minimum absolute atomic E-state index is 0.0692. The molecule has 4 bridgehead atoms. The summed E-state index contributed by atoms with van der Waals surface area (Å²) in [5.74, 6) is 2.08. The molecular formula is C38H46N4O2. The molecule has 0 radical (unpaired) electrons. The molecule has 2 aromatic carbocycles. The first-order chi connectivity index (χ1) is 21.5. The third kappa shape index (κ3) is 2.95. The highest BCUT2D eigenvalue weighted by Crippen LogP contribution is 2.64. The van der Waals surface area contributed by atoms with E-state index in [9.17, 15) is 10.2 Å². The minimum atomic E-state index is 0.0692. The maximum absolute atomic E-state index is 11.0. The van der Waals surface area contributed by atoms with E-state index in [0.717, 1.165) is 38.9 Å². The fourth-order valence-corrected chi connectivity index (χ4v) is 12.8. The van der Waals surface area contributed by atoms with E-state index in [1.807, 2.05) is 0 Å². The molecule has 2 unspecified atom stereocenters. The van der Waals surface area contributed by atoms with Crippen LogP contribution in [-0.2, 0) is 10.8 Å². The first-order valence-corrected chi connectivity index (χ1v) is 17.4. The third-order valence-corrected chi connectivity index (χ3v) is 14.7. The van der Waals surface area contributed by atoms with Gasteiger partial charge in [-0.2, -0.15) is 0 Å². The van der Waals surface area contributed by atoms with Crippen LogP contribution in [0.1, 0.15) is 55.2 Å². The van der Waals surface area contributed by atoms with Gasteiger partial charge in [0.05, 0.1) is 0 Å². The van der Waals surface area contributed by atoms with Crippen LogP contribution in [0.3, 0.4) is 0 Å². The number of anilines is 2. The van der Waals surface area contributed by atoms with Crippen molar-refractivity contribution < 1.29 is 10.2 Å². The SMILES string of the molecule is C=CC1CN2CC[C@@]34c5cc(C(C)C6=CN7CC[C@]89c%10ccccc%10N[C@H]8[C@@H](CO)[C@H]6C[C@H]79)ccc5N[C@@H]3[C@@H](CO)[C@@H]1C[C@@H]24. The number of benzene rings is 2. The second-order valence-corrected chi connectivity index (χ2v) is 15.6. The Hall–Kier alpha value is -2.80. The van der Waals surface area contributed by atoms with Crippen molar-refractivity contribution in [2.75, 3.05) is 43.5 Å². The van der Waals surface area contributed by atoms with Gasteiger partial charge in [0.25, 0.3) is 0 Å². The summed E-state index contributed by atoms with van der Waals surface area (Å²) in [5, 5.41) is 29.7. The average molecular weight is 591 g/mol. The fraction of sp³-hybridized carbons (Fsp3) is 0.579. The lowest BCUT2D eigenvalue weighted by Gasteiger charge is -2.56. The molecule has 44 heavy (non-hydrogen) atoms. The van der Waals surface area contributed by atoms with E-state index in [1.165, 1.54) is 40.1 Å². The van der Waals surface area contributed by atoms with Crippen LogP contribution in [0.4, 0.5) is 11.4 Å². The zero-order valence-corrected chi connectivity index (χ0v) is 25.8. The highest BCUT2D eigenvalue weighted by atomic mass is 16.3. The van der Waals surface area contributed by atoms with Crippen LogP contribution in [0.25, 0.3) is 0 Å². The average Bonchev–Trinajstić information content (AvgIpc) is 3.82. The lowest BCUT2D eigenvalue weighted by atomic mass is 9.54. The van der Waals surface area contributed by atoms with Crippen molar-refractivity contribution >= 4 is 11.4 Å². The molecule has 2 spiro atoms. The van der Waals surface area contributed by atoms with Gasteiger partial charge in [-0.15, -0.1) is 6.58 Å². The number of piperidine rings is 1. The van der Waals surface area contributed by atoms with E-state index in [4.69, 9.17) is 0 Å². The van der Waals surface area contributed by atoms with Gasteiger partial charge in [-0.1, -0.05) is 43.3 Å². The van der Waals surface area contributed by atoms with Crippen molar-refractivity contribution in [1.29, 1.82) is 0 Å². The Bertz CT molecular complexity index is 1590. The number of para-hydroxylation sites is 1. The smallest absolute Gasteiger partial charge is 0.0484 e. The summed E-state index contributed by atoms with van der Waals surface area (Å²) in [6, 6.07) is 17.8. The van der Waals surface area contributed by atoms with E-state index >= 15 is 0 Å². The summed E-state index contributed by atoms with van der Waals surface area (Å²) < 4.78 is 0. The quantitative estimate of drug-likeness (QED) is 0.380. The highest BCUT2D eigenvalue weighted by Gasteiger charge is 2.67. The predicted molar refractivity (Wildman–Crippen MR) is 174 cm³/mol. The Morgan fingerprint density at radius 1 is 0.932 bits per heavy atom. The molecule has 6 heteroatoms. The number of rotatable bonds is 5. The van der Waals surface area contributed by atoms with Gasteiger partial charge in [0.1, 0.15) is 0 Å². The number of aliphatic hydroxyl groups is 2. The van der Waals surface area contributed by atoms with Crippen molar-refractivity contribution in [2.24, 2.45) is 29.6 Å². The molecule has 3 saturated heterocycles. The Morgan fingerprint density at radius 2 is 1.68 bits per heavy atom. The molecule has 0 aromatic heterocycles. The van der Waals surface area contributed by atoms with Crippen LogP contribution < -0.4 is 10.6 Å². The molecular weight excluding hydrogens is 544 g/mol. The molecule has 10 rings (SSSR count). The summed E-state index contributed by atoms with van der Waals surface area (Å²) in [6.07, 6.45) is 9.31. The zero-order valence-electron chi connectivity index (χ0n) is 25.8. The van der Waals surface area contributed by atoms with E-state index in [-0.39, 0.29) is 53.9 Å². The number of fused-ring (bicyclic) bond motifs is 4. The molecule has 6 aliphatic heterocycles.